The summed E-state index contributed by atoms with van der Waals surface area (Å²) >= 11 is 0. The van der Waals surface area contributed by atoms with Crippen LogP contribution in [0.1, 0.15) is 28.1 Å². The molecule has 0 atom stereocenters. The Morgan fingerprint density at radius 3 is 2.50 bits per heavy atom. The minimum absolute atomic E-state index is 0.257. The quantitative estimate of drug-likeness (QED) is 0.759. The fraction of sp³-hybridized carbons (Fsp3) is 0.158. The molecule has 3 heteroatoms. The highest BCUT2D eigenvalue weighted by molar-refractivity contribution is 5.89. The number of hydrogen-bond acceptors (Lipinski definition) is 3. The molecule has 1 N–H and O–H groups in total. The van der Waals surface area contributed by atoms with Crippen LogP contribution in [0.15, 0.2) is 36.5 Å². The highest BCUT2D eigenvalue weighted by Gasteiger charge is 2.08. The summed E-state index contributed by atoms with van der Waals surface area (Å²) < 4.78 is 0. The molecular formula is C19H18N2O. The van der Waals surface area contributed by atoms with E-state index in [-0.39, 0.29) is 5.75 Å². The van der Waals surface area contributed by atoms with Crippen LogP contribution in [0.2, 0.25) is 0 Å². The van der Waals surface area contributed by atoms with E-state index >= 15 is 0 Å². The minimum atomic E-state index is 0.257. The van der Waals surface area contributed by atoms with Gasteiger partial charge in [-0.25, -0.2) is 4.98 Å². The van der Waals surface area contributed by atoms with Gasteiger partial charge in [-0.05, 0) is 55.7 Å². The summed E-state index contributed by atoms with van der Waals surface area (Å²) in [5.74, 6) is 0.257. The molecule has 0 aliphatic rings. The largest absolute Gasteiger partial charge is 0.505 e. The summed E-state index contributed by atoms with van der Waals surface area (Å²) in [6, 6.07) is 9.94. The van der Waals surface area contributed by atoms with Crippen molar-refractivity contribution in [2.45, 2.75) is 20.8 Å². The standard InChI is InChI=1S/C19H18N2O/c1-12-10-13(2)19(22)18-17(12)9-8-16(21-18)7-6-15-5-4-14(3)20-11-15/h4-11,22H,1-3H3/b7-6+. The van der Waals surface area contributed by atoms with Gasteiger partial charge in [0.05, 0.1) is 5.69 Å². The van der Waals surface area contributed by atoms with Crippen molar-refractivity contribution in [3.63, 3.8) is 0 Å². The van der Waals surface area contributed by atoms with E-state index in [0.29, 0.717) is 5.52 Å². The zero-order valence-electron chi connectivity index (χ0n) is 13.0. The third kappa shape index (κ3) is 2.70. The Morgan fingerprint density at radius 1 is 0.955 bits per heavy atom. The molecule has 0 radical (unpaired) electrons. The van der Waals surface area contributed by atoms with Gasteiger partial charge in [-0.2, -0.15) is 0 Å². The first-order valence-corrected chi connectivity index (χ1v) is 7.25. The summed E-state index contributed by atoms with van der Waals surface area (Å²) in [5.41, 5.74) is 5.46. The van der Waals surface area contributed by atoms with Gasteiger partial charge < -0.3 is 5.11 Å². The number of fused-ring (bicyclic) bond motifs is 1. The summed E-state index contributed by atoms with van der Waals surface area (Å²) in [6.07, 6.45) is 5.74. The van der Waals surface area contributed by atoms with Crippen LogP contribution in [0, 0.1) is 20.8 Å². The van der Waals surface area contributed by atoms with Crippen molar-refractivity contribution >= 4 is 23.1 Å². The van der Waals surface area contributed by atoms with E-state index in [1.807, 2.05) is 69.5 Å². The summed E-state index contributed by atoms with van der Waals surface area (Å²) in [5, 5.41) is 11.2. The third-order valence-corrected chi connectivity index (χ3v) is 3.75. The van der Waals surface area contributed by atoms with Gasteiger partial charge in [-0.3, -0.25) is 4.98 Å². The maximum atomic E-state index is 10.2. The zero-order chi connectivity index (χ0) is 15.7. The highest BCUT2D eigenvalue weighted by atomic mass is 16.3. The average molecular weight is 290 g/mol. The van der Waals surface area contributed by atoms with Crippen molar-refractivity contribution in [1.82, 2.24) is 9.97 Å². The van der Waals surface area contributed by atoms with Crippen LogP contribution in [0.3, 0.4) is 0 Å². The SMILES string of the molecule is Cc1ccc(/C=C/c2ccc3c(C)cc(C)c(O)c3n2)cn1. The van der Waals surface area contributed by atoms with Gasteiger partial charge in [0.2, 0.25) is 0 Å². The number of nitrogens with zero attached hydrogens (tertiary/aromatic N) is 2. The number of pyridine rings is 2. The van der Waals surface area contributed by atoms with Crippen molar-refractivity contribution in [2.24, 2.45) is 0 Å². The van der Waals surface area contributed by atoms with E-state index in [0.717, 1.165) is 33.5 Å². The molecule has 0 fully saturated rings. The molecule has 3 nitrogen and oxygen atoms in total. The second-order valence-electron chi connectivity index (χ2n) is 5.56. The van der Waals surface area contributed by atoms with E-state index in [1.165, 1.54) is 0 Å². The van der Waals surface area contributed by atoms with E-state index in [4.69, 9.17) is 0 Å². The third-order valence-electron chi connectivity index (χ3n) is 3.75. The number of hydrogen-bond donors (Lipinski definition) is 1. The van der Waals surface area contributed by atoms with Crippen molar-refractivity contribution < 1.29 is 5.11 Å². The van der Waals surface area contributed by atoms with Crippen LogP contribution in [0.25, 0.3) is 23.1 Å². The smallest absolute Gasteiger partial charge is 0.144 e. The summed E-state index contributed by atoms with van der Waals surface area (Å²) in [4.78, 5) is 8.84. The zero-order valence-corrected chi connectivity index (χ0v) is 13.0. The lowest BCUT2D eigenvalue weighted by Gasteiger charge is -2.07. The highest BCUT2D eigenvalue weighted by Crippen LogP contribution is 2.29. The lowest BCUT2D eigenvalue weighted by molar-refractivity contribution is 0.476. The monoisotopic (exact) mass is 290 g/mol. The second kappa shape index (κ2) is 5.60. The topological polar surface area (TPSA) is 46.0 Å². The fourth-order valence-electron chi connectivity index (χ4n) is 2.48. The number of aromatic hydroxyl groups is 1. The van der Waals surface area contributed by atoms with E-state index < -0.39 is 0 Å². The predicted octanol–water partition coefficient (Wildman–Crippen LogP) is 4.43. The van der Waals surface area contributed by atoms with Crippen LogP contribution in [-0.2, 0) is 0 Å². The molecule has 0 aliphatic heterocycles. The first kappa shape index (κ1) is 14.3. The molecule has 0 bridgehead atoms. The van der Waals surface area contributed by atoms with E-state index in [9.17, 15) is 5.11 Å². The summed E-state index contributed by atoms with van der Waals surface area (Å²) in [6.45, 7) is 5.89. The Hall–Kier alpha value is -2.68. The van der Waals surface area contributed by atoms with Gasteiger partial charge in [-0.1, -0.05) is 24.3 Å². The Bertz CT molecular complexity index is 865. The van der Waals surface area contributed by atoms with Crippen LogP contribution >= 0.6 is 0 Å². The maximum absolute atomic E-state index is 10.2. The van der Waals surface area contributed by atoms with Gasteiger partial charge in [0.1, 0.15) is 11.3 Å². The van der Waals surface area contributed by atoms with Crippen molar-refractivity contribution in [3.8, 4) is 5.75 Å². The molecule has 0 aliphatic carbocycles. The number of rotatable bonds is 2. The number of aryl methyl sites for hydroxylation is 3. The van der Waals surface area contributed by atoms with E-state index in [2.05, 4.69) is 9.97 Å². The molecule has 110 valence electrons. The predicted molar refractivity (Wildman–Crippen MR) is 90.8 cm³/mol. The fourth-order valence-corrected chi connectivity index (χ4v) is 2.48. The van der Waals surface area contributed by atoms with Crippen molar-refractivity contribution in [1.29, 1.82) is 0 Å². The second-order valence-corrected chi connectivity index (χ2v) is 5.56. The Labute approximate surface area is 130 Å². The lowest BCUT2D eigenvalue weighted by atomic mass is 10.0. The molecule has 1 aromatic carbocycles. The Balaban J connectivity index is 2.01. The van der Waals surface area contributed by atoms with Gasteiger partial charge >= 0.3 is 0 Å². The minimum Gasteiger partial charge on any atom is -0.505 e. The normalized spacial score (nSPS) is 11.4. The number of phenols is 1. The van der Waals surface area contributed by atoms with Crippen molar-refractivity contribution in [2.75, 3.05) is 0 Å². The average Bonchev–Trinajstić information content (AvgIpc) is 2.52. The Morgan fingerprint density at radius 2 is 1.77 bits per heavy atom. The van der Waals surface area contributed by atoms with Gasteiger partial charge in [0, 0.05) is 17.3 Å². The first-order valence-electron chi connectivity index (χ1n) is 7.25. The number of phenolic OH excluding ortho intramolecular Hbond substituents is 1. The van der Waals surface area contributed by atoms with E-state index in [1.54, 1.807) is 0 Å². The molecular weight excluding hydrogens is 272 g/mol. The molecule has 2 heterocycles. The molecule has 0 saturated carbocycles. The molecule has 3 rings (SSSR count). The maximum Gasteiger partial charge on any atom is 0.144 e. The number of aromatic nitrogens is 2. The molecule has 3 aromatic rings. The molecule has 22 heavy (non-hydrogen) atoms. The Kier molecular flexibility index (Phi) is 3.63. The molecule has 0 saturated heterocycles. The van der Waals surface area contributed by atoms with Gasteiger partial charge in [-0.15, -0.1) is 0 Å². The van der Waals surface area contributed by atoms with Crippen LogP contribution in [-0.4, -0.2) is 15.1 Å². The number of benzene rings is 1. The first-order chi connectivity index (χ1) is 10.5. The van der Waals surface area contributed by atoms with Gasteiger partial charge in [0.15, 0.2) is 0 Å². The van der Waals surface area contributed by atoms with Crippen molar-refractivity contribution in [3.05, 3.63) is 64.6 Å². The molecule has 0 spiro atoms. The van der Waals surface area contributed by atoms with Crippen LogP contribution < -0.4 is 0 Å². The van der Waals surface area contributed by atoms with Crippen LogP contribution in [0.4, 0.5) is 0 Å². The molecule has 0 unspecified atom stereocenters. The lowest BCUT2D eigenvalue weighted by Crippen LogP contribution is -1.89. The molecule has 0 amide bonds. The molecule has 2 aromatic heterocycles. The summed E-state index contributed by atoms with van der Waals surface area (Å²) in [7, 11) is 0. The van der Waals surface area contributed by atoms with Crippen LogP contribution in [0.5, 0.6) is 5.75 Å². The van der Waals surface area contributed by atoms with Gasteiger partial charge in [0.25, 0.3) is 0 Å².